The van der Waals surface area contributed by atoms with Crippen LogP contribution in [-0.2, 0) is 0 Å². The molecule has 2 aromatic rings. The predicted octanol–water partition coefficient (Wildman–Crippen LogP) is 2.06. The van der Waals surface area contributed by atoms with Crippen molar-refractivity contribution in [1.82, 2.24) is 9.97 Å². The third-order valence-electron chi connectivity index (χ3n) is 2.33. The number of hydrogen-bond donors (Lipinski definition) is 2. The SMILES string of the molecule is O=c1[nH]c2ccc(C(Cl)C(F)(F)F)cc2[nH]c1=O. The molecule has 4 nitrogen and oxygen atoms in total. The summed E-state index contributed by atoms with van der Waals surface area (Å²) in [5.41, 5.74) is -1.69. The molecule has 8 heteroatoms. The van der Waals surface area contributed by atoms with Gasteiger partial charge < -0.3 is 9.97 Å². The molecule has 1 atom stereocenters. The second kappa shape index (κ2) is 4.16. The minimum atomic E-state index is -4.59. The Morgan fingerprint density at radius 2 is 1.61 bits per heavy atom. The van der Waals surface area contributed by atoms with Crippen molar-refractivity contribution in [3.8, 4) is 0 Å². The molecule has 1 aromatic heterocycles. The molecule has 0 spiro atoms. The zero-order chi connectivity index (χ0) is 13.5. The van der Waals surface area contributed by atoms with Crippen LogP contribution in [0.3, 0.4) is 0 Å². The van der Waals surface area contributed by atoms with Crippen LogP contribution in [0.4, 0.5) is 13.2 Å². The number of rotatable bonds is 1. The summed E-state index contributed by atoms with van der Waals surface area (Å²) in [7, 11) is 0. The zero-order valence-corrected chi connectivity index (χ0v) is 9.39. The largest absolute Gasteiger partial charge is 0.408 e. The minimum absolute atomic E-state index is 0.0898. The van der Waals surface area contributed by atoms with Crippen molar-refractivity contribution < 1.29 is 13.2 Å². The summed E-state index contributed by atoms with van der Waals surface area (Å²) in [5, 5.41) is -2.17. The maximum absolute atomic E-state index is 12.4. The summed E-state index contributed by atoms with van der Waals surface area (Å²) < 4.78 is 37.2. The summed E-state index contributed by atoms with van der Waals surface area (Å²) in [5.74, 6) is 0. The normalized spacial score (nSPS) is 13.8. The first-order chi connectivity index (χ1) is 8.29. The number of fused-ring (bicyclic) bond motifs is 1. The van der Waals surface area contributed by atoms with Gasteiger partial charge in [0.25, 0.3) is 0 Å². The van der Waals surface area contributed by atoms with E-state index in [1.807, 2.05) is 0 Å². The minimum Gasteiger partial charge on any atom is -0.316 e. The van der Waals surface area contributed by atoms with Crippen molar-refractivity contribution in [2.24, 2.45) is 0 Å². The first-order valence-electron chi connectivity index (χ1n) is 4.76. The molecule has 1 heterocycles. The topological polar surface area (TPSA) is 65.7 Å². The molecule has 0 aliphatic heterocycles. The maximum Gasteiger partial charge on any atom is 0.408 e. The lowest BCUT2D eigenvalue weighted by Gasteiger charge is -2.14. The van der Waals surface area contributed by atoms with Crippen LogP contribution in [0.1, 0.15) is 10.9 Å². The van der Waals surface area contributed by atoms with Gasteiger partial charge in [0.05, 0.1) is 11.0 Å². The van der Waals surface area contributed by atoms with E-state index in [-0.39, 0.29) is 16.6 Å². The number of alkyl halides is 4. The Hall–Kier alpha value is -1.76. The molecule has 2 rings (SSSR count). The Morgan fingerprint density at radius 1 is 1.06 bits per heavy atom. The van der Waals surface area contributed by atoms with Crippen LogP contribution in [0.5, 0.6) is 0 Å². The van der Waals surface area contributed by atoms with Crippen molar-refractivity contribution in [2.45, 2.75) is 11.6 Å². The highest BCUT2D eigenvalue weighted by molar-refractivity contribution is 6.21. The van der Waals surface area contributed by atoms with E-state index in [9.17, 15) is 22.8 Å². The number of halogens is 4. The van der Waals surface area contributed by atoms with Gasteiger partial charge in [-0.25, -0.2) is 0 Å². The van der Waals surface area contributed by atoms with E-state index in [4.69, 9.17) is 11.6 Å². The molecule has 0 amide bonds. The Kier molecular flexibility index (Phi) is 2.94. The van der Waals surface area contributed by atoms with Crippen molar-refractivity contribution >= 4 is 22.6 Å². The molecule has 96 valence electrons. The number of benzene rings is 1. The summed E-state index contributed by atoms with van der Waals surface area (Å²) in [6.07, 6.45) is -4.59. The van der Waals surface area contributed by atoms with Gasteiger partial charge in [0.2, 0.25) is 0 Å². The van der Waals surface area contributed by atoms with E-state index in [0.717, 1.165) is 12.1 Å². The fraction of sp³-hybridized carbons (Fsp3) is 0.200. The van der Waals surface area contributed by atoms with Gasteiger partial charge in [0.1, 0.15) is 0 Å². The third kappa shape index (κ3) is 2.26. The van der Waals surface area contributed by atoms with E-state index in [1.54, 1.807) is 0 Å². The van der Waals surface area contributed by atoms with Crippen molar-refractivity contribution in [3.05, 3.63) is 44.5 Å². The Labute approximate surface area is 102 Å². The number of H-pyrrole nitrogens is 2. The van der Waals surface area contributed by atoms with Crippen LogP contribution < -0.4 is 11.1 Å². The fourth-order valence-electron chi connectivity index (χ4n) is 1.48. The van der Waals surface area contributed by atoms with Gasteiger partial charge in [-0.1, -0.05) is 6.07 Å². The van der Waals surface area contributed by atoms with E-state index >= 15 is 0 Å². The molecule has 0 saturated carbocycles. The van der Waals surface area contributed by atoms with Crippen LogP contribution >= 0.6 is 11.6 Å². The Balaban J connectivity index is 2.61. The Bertz CT molecular complexity index is 705. The third-order valence-corrected chi connectivity index (χ3v) is 2.83. The van der Waals surface area contributed by atoms with Gasteiger partial charge in [-0.05, 0) is 17.7 Å². The lowest BCUT2D eigenvalue weighted by Crippen LogP contribution is -2.29. The molecular weight excluding hydrogens is 273 g/mol. The van der Waals surface area contributed by atoms with Gasteiger partial charge in [0.15, 0.2) is 5.38 Å². The fourth-order valence-corrected chi connectivity index (χ4v) is 1.61. The van der Waals surface area contributed by atoms with Gasteiger partial charge in [-0.2, -0.15) is 13.2 Å². The highest BCUT2D eigenvalue weighted by Gasteiger charge is 2.39. The van der Waals surface area contributed by atoms with Crippen molar-refractivity contribution in [3.63, 3.8) is 0 Å². The highest BCUT2D eigenvalue weighted by Crippen LogP contribution is 2.38. The lowest BCUT2D eigenvalue weighted by atomic mass is 10.1. The van der Waals surface area contributed by atoms with Crippen LogP contribution in [0.15, 0.2) is 27.8 Å². The first-order valence-corrected chi connectivity index (χ1v) is 5.20. The standard InChI is InChI=1S/C10H6ClF3N2O2/c11-7(10(12,13)14)4-1-2-5-6(3-4)16-9(18)8(17)15-5/h1-3,7H,(H,15,17)(H,16,18). The molecule has 0 aliphatic rings. The van der Waals surface area contributed by atoms with Crippen LogP contribution in [0.25, 0.3) is 11.0 Å². The molecule has 0 radical (unpaired) electrons. The van der Waals surface area contributed by atoms with Crippen LogP contribution in [0.2, 0.25) is 0 Å². The molecule has 0 bridgehead atoms. The van der Waals surface area contributed by atoms with Gasteiger partial charge >= 0.3 is 17.3 Å². The van der Waals surface area contributed by atoms with Gasteiger partial charge in [0, 0.05) is 0 Å². The molecule has 0 fully saturated rings. The average molecular weight is 279 g/mol. The predicted molar refractivity (Wildman–Crippen MR) is 59.8 cm³/mol. The van der Waals surface area contributed by atoms with Crippen molar-refractivity contribution in [1.29, 1.82) is 0 Å². The highest BCUT2D eigenvalue weighted by atomic mass is 35.5. The summed E-state index contributed by atoms with van der Waals surface area (Å²) >= 11 is 5.26. The zero-order valence-electron chi connectivity index (χ0n) is 8.64. The molecule has 18 heavy (non-hydrogen) atoms. The summed E-state index contributed by atoms with van der Waals surface area (Å²) in [4.78, 5) is 26.5. The summed E-state index contributed by atoms with van der Waals surface area (Å²) in [6.45, 7) is 0. The van der Waals surface area contributed by atoms with Crippen LogP contribution in [0, 0.1) is 0 Å². The molecule has 0 aliphatic carbocycles. The van der Waals surface area contributed by atoms with Crippen LogP contribution in [-0.4, -0.2) is 16.1 Å². The number of nitrogens with one attached hydrogen (secondary N) is 2. The quantitative estimate of drug-likeness (QED) is 0.619. The van der Waals surface area contributed by atoms with Crippen molar-refractivity contribution in [2.75, 3.05) is 0 Å². The second-order valence-corrected chi connectivity index (χ2v) is 4.05. The first kappa shape index (κ1) is 12.7. The van der Waals surface area contributed by atoms with E-state index in [1.165, 1.54) is 6.07 Å². The van der Waals surface area contributed by atoms with E-state index in [2.05, 4.69) is 9.97 Å². The molecular formula is C10H6ClF3N2O2. The Morgan fingerprint density at radius 3 is 2.17 bits per heavy atom. The summed E-state index contributed by atoms with van der Waals surface area (Å²) in [6, 6.07) is 3.47. The smallest absolute Gasteiger partial charge is 0.316 e. The second-order valence-electron chi connectivity index (χ2n) is 3.62. The molecule has 1 unspecified atom stereocenters. The molecule has 1 aromatic carbocycles. The average Bonchev–Trinajstić information content (AvgIpc) is 2.28. The number of aromatic amines is 2. The monoisotopic (exact) mass is 278 g/mol. The number of hydrogen-bond acceptors (Lipinski definition) is 2. The lowest BCUT2D eigenvalue weighted by molar-refractivity contribution is -0.131. The van der Waals surface area contributed by atoms with Gasteiger partial charge in [-0.15, -0.1) is 11.6 Å². The van der Waals surface area contributed by atoms with Gasteiger partial charge in [-0.3, -0.25) is 9.59 Å². The molecule has 2 N–H and O–H groups in total. The molecule has 0 saturated heterocycles. The number of aromatic nitrogens is 2. The van der Waals surface area contributed by atoms with E-state index < -0.39 is 22.7 Å². The maximum atomic E-state index is 12.4. The van der Waals surface area contributed by atoms with E-state index in [0.29, 0.717) is 0 Å².